The summed E-state index contributed by atoms with van der Waals surface area (Å²) in [5, 5.41) is 19.3. The summed E-state index contributed by atoms with van der Waals surface area (Å²) in [6, 6.07) is 0. The molecule has 0 heterocycles. The summed E-state index contributed by atoms with van der Waals surface area (Å²) in [7, 11) is 0. The van der Waals surface area contributed by atoms with Gasteiger partial charge in [0.15, 0.2) is 5.78 Å². The van der Waals surface area contributed by atoms with Crippen LogP contribution < -0.4 is 10.2 Å². The standard InChI is InChI=1S/2C8H20N.C5H6O5/c2*1-5-9(6-2,7-3)8-4;6-3(5(9)10)1-2-4(7)8/h2*5-8H2,1-4H3;1-2H2,(H,7,8)(H,9,10)/q2*+1;/p-2. The number of hydrogen-bond acceptors (Lipinski definition) is 5. The van der Waals surface area contributed by atoms with E-state index >= 15 is 0 Å². The maximum absolute atomic E-state index is 10.1. The molecular weight excluding hydrogens is 360 g/mol. The number of rotatable bonds is 12. The molecule has 0 aromatic rings. The van der Waals surface area contributed by atoms with E-state index in [9.17, 15) is 24.6 Å². The predicted molar refractivity (Wildman–Crippen MR) is 109 cm³/mol. The lowest BCUT2D eigenvalue weighted by Gasteiger charge is -2.34. The van der Waals surface area contributed by atoms with Crippen molar-refractivity contribution in [2.75, 3.05) is 52.4 Å². The minimum atomic E-state index is -1.86. The molecular formula is C21H44N2O5. The van der Waals surface area contributed by atoms with Crippen LogP contribution in [0.3, 0.4) is 0 Å². The summed E-state index contributed by atoms with van der Waals surface area (Å²) in [5.74, 6) is -4.53. The van der Waals surface area contributed by atoms with Crippen LogP contribution in [0.1, 0.15) is 68.2 Å². The van der Waals surface area contributed by atoms with E-state index in [1.165, 1.54) is 61.3 Å². The number of aliphatic carboxylic acids is 2. The first-order valence-electron chi connectivity index (χ1n) is 10.7. The van der Waals surface area contributed by atoms with E-state index in [0.717, 1.165) is 0 Å². The Morgan fingerprint density at radius 1 is 0.536 bits per heavy atom. The fraction of sp³-hybridized carbons (Fsp3) is 0.857. The SMILES string of the molecule is CC[N+](CC)(CC)CC.CC[N+](CC)(CC)CC.O=C([O-])CCC(=O)C(=O)[O-]. The van der Waals surface area contributed by atoms with Crippen molar-refractivity contribution in [3.05, 3.63) is 0 Å². The van der Waals surface area contributed by atoms with Crippen molar-refractivity contribution in [2.45, 2.75) is 68.2 Å². The van der Waals surface area contributed by atoms with E-state index in [2.05, 4.69) is 55.4 Å². The van der Waals surface area contributed by atoms with E-state index in [4.69, 9.17) is 0 Å². The highest BCUT2D eigenvalue weighted by molar-refractivity contribution is 6.31. The molecule has 0 fully saturated rings. The van der Waals surface area contributed by atoms with Gasteiger partial charge < -0.3 is 28.8 Å². The monoisotopic (exact) mass is 404 g/mol. The Kier molecular flexibility index (Phi) is 19.6. The minimum absolute atomic E-state index is 0.565. The van der Waals surface area contributed by atoms with Crippen LogP contribution in [0.4, 0.5) is 0 Å². The minimum Gasteiger partial charge on any atom is -0.550 e. The molecule has 0 atom stereocenters. The van der Waals surface area contributed by atoms with Gasteiger partial charge in [0, 0.05) is 12.4 Å². The molecule has 0 bridgehead atoms. The lowest BCUT2D eigenvalue weighted by Crippen LogP contribution is -2.47. The first-order chi connectivity index (χ1) is 13.0. The van der Waals surface area contributed by atoms with Gasteiger partial charge >= 0.3 is 0 Å². The number of carbonyl (C=O) groups is 3. The van der Waals surface area contributed by atoms with Gasteiger partial charge in [0.1, 0.15) is 5.97 Å². The lowest BCUT2D eigenvalue weighted by atomic mass is 10.2. The average Bonchev–Trinajstić information content (AvgIpc) is 2.71. The van der Waals surface area contributed by atoms with Crippen LogP contribution in [0.25, 0.3) is 0 Å². The van der Waals surface area contributed by atoms with Crippen LogP contribution in [-0.2, 0) is 14.4 Å². The van der Waals surface area contributed by atoms with Gasteiger partial charge in [0.25, 0.3) is 0 Å². The Morgan fingerprint density at radius 3 is 0.893 bits per heavy atom. The quantitative estimate of drug-likeness (QED) is 0.350. The van der Waals surface area contributed by atoms with Gasteiger partial charge in [0.2, 0.25) is 0 Å². The van der Waals surface area contributed by atoms with Crippen molar-refractivity contribution in [3.8, 4) is 0 Å². The summed E-state index contributed by atoms with van der Waals surface area (Å²) < 4.78 is 2.56. The number of Topliss-reactive ketones (excluding diaryl/α,β-unsaturated/α-hetero) is 1. The van der Waals surface area contributed by atoms with Gasteiger partial charge in [0.05, 0.1) is 52.4 Å². The third-order valence-corrected chi connectivity index (χ3v) is 6.15. The highest BCUT2D eigenvalue weighted by atomic mass is 16.4. The smallest absolute Gasteiger partial charge is 0.178 e. The highest BCUT2D eigenvalue weighted by Gasteiger charge is 2.16. The van der Waals surface area contributed by atoms with Crippen molar-refractivity contribution in [3.63, 3.8) is 0 Å². The fourth-order valence-corrected chi connectivity index (χ4v) is 3.00. The number of carbonyl (C=O) groups excluding carboxylic acids is 3. The maximum atomic E-state index is 10.1. The molecule has 0 aliphatic heterocycles. The van der Waals surface area contributed by atoms with Gasteiger partial charge in [-0.15, -0.1) is 0 Å². The Hall–Kier alpha value is -1.47. The molecule has 0 aromatic carbocycles. The Morgan fingerprint density at radius 2 is 0.786 bits per heavy atom. The first kappa shape index (κ1) is 31.2. The zero-order valence-electron chi connectivity index (χ0n) is 19.5. The Labute approximate surface area is 172 Å². The van der Waals surface area contributed by atoms with Gasteiger partial charge in [-0.05, 0) is 61.8 Å². The number of nitrogens with zero attached hydrogens (tertiary/aromatic N) is 2. The van der Waals surface area contributed by atoms with Crippen molar-refractivity contribution >= 4 is 17.7 Å². The molecule has 0 amide bonds. The predicted octanol–water partition coefficient (Wildman–Crippen LogP) is 0.601. The third-order valence-electron chi connectivity index (χ3n) is 6.15. The zero-order valence-corrected chi connectivity index (χ0v) is 19.5. The Bertz CT molecular complexity index is 375. The van der Waals surface area contributed by atoms with Gasteiger partial charge in [-0.3, -0.25) is 4.79 Å². The topological polar surface area (TPSA) is 97.3 Å². The number of quaternary nitrogens is 2. The van der Waals surface area contributed by atoms with Crippen LogP contribution >= 0.6 is 0 Å². The van der Waals surface area contributed by atoms with Crippen molar-refractivity contribution in [1.29, 1.82) is 0 Å². The summed E-state index contributed by atoms with van der Waals surface area (Å²) in [5.41, 5.74) is 0. The van der Waals surface area contributed by atoms with Gasteiger partial charge in [-0.2, -0.15) is 0 Å². The summed E-state index contributed by atoms with van der Waals surface area (Å²) in [4.78, 5) is 29.4. The maximum Gasteiger partial charge on any atom is 0.178 e. The highest BCUT2D eigenvalue weighted by Crippen LogP contribution is 2.04. The van der Waals surface area contributed by atoms with E-state index in [1.807, 2.05) is 0 Å². The van der Waals surface area contributed by atoms with E-state index in [1.54, 1.807) is 0 Å². The molecule has 7 heteroatoms. The number of carboxylic acid groups (broad SMARTS) is 2. The molecule has 0 unspecified atom stereocenters. The Balaban J connectivity index is -0.000000336. The second-order valence-electron chi connectivity index (χ2n) is 6.80. The second-order valence-corrected chi connectivity index (χ2v) is 6.80. The lowest BCUT2D eigenvalue weighted by molar-refractivity contribution is -0.921. The summed E-state index contributed by atoms with van der Waals surface area (Å²) in [6.07, 6.45) is -1.14. The molecule has 0 saturated heterocycles. The van der Waals surface area contributed by atoms with Crippen LogP contribution in [0.15, 0.2) is 0 Å². The molecule has 0 spiro atoms. The van der Waals surface area contributed by atoms with Gasteiger partial charge in [-0.25, -0.2) is 0 Å². The molecule has 168 valence electrons. The van der Waals surface area contributed by atoms with Crippen molar-refractivity contribution in [1.82, 2.24) is 0 Å². The third kappa shape index (κ3) is 13.7. The molecule has 0 aromatic heterocycles. The van der Waals surface area contributed by atoms with Crippen molar-refractivity contribution < 1.29 is 33.6 Å². The molecule has 0 radical (unpaired) electrons. The molecule has 0 saturated carbocycles. The summed E-state index contributed by atoms with van der Waals surface area (Å²) in [6.45, 7) is 28.4. The van der Waals surface area contributed by atoms with Crippen molar-refractivity contribution in [2.24, 2.45) is 0 Å². The normalized spacial score (nSPS) is 10.9. The largest absolute Gasteiger partial charge is 0.550 e. The van der Waals surface area contributed by atoms with Gasteiger partial charge in [-0.1, -0.05) is 0 Å². The second kappa shape index (κ2) is 17.6. The van der Waals surface area contributed by atoms with E-state index in [0.29, 0.717) is 0 Å². The molecule has 0 aliphatic carbocycles. The van der Waals surface area contributed by atoms with Crippen LogP contribution in [-0.4, -0.2) is 79.0 Å². The molecule has 28 heavy (non-hydrogen) atoms. The molecule has 0 rings (SSSR count). The van der Waals surface area contributed by atoms with Crippen LogP contribution in [0.2, 0.25) is 0 Å². The molecule has 7 nitrogen and oxygen atoms in total. The van der Waals surface area contributed by atoms with E-state index < -0.39 is 30.6 Å². The number of carboxylic acids is 2. The molecule has 0 N–H and O–H groups in total. The number of hydrogen-bond donors (Lipinski definition) is 0. The average molecular weight is 405 g/mol. The fourth-order valence-electron chi connectivity index (χ4n) is 3.00. The molecule has 0 aliphatic rings. The van der Waals surface area contributed by atoms with Crippen LogP contribution in [0.5, 0.6) is 0 Å². The van der Waals surface area contributed by atoms with Crippen LogP contribution in [0, 0.1) is 0 Å². The van der Waals surface area contributed by atoms with E-state index in [-0.39, 0.29) is 0 Å². The number of ketones is 1. The zero-order chi connectivity index (χ0) is 22.8. The summed E-state index contributed by atoms with van der Waals surface area (Å²) >= 11 is 0. The first-order valence-corrected chi connectivity index (χ1v) is 10.7.